The van der Waals surface area contributed by atoms with Gasteiger partial charge in [-0.15, -0.1) is 0 Å². The highest BCUT2D eigenvalue weighted by molar-refractivity contribution is 5.19. The Hall–Kier alpha value is -0.900. The van der Waals surface area contributed by atoms with Gasteiger partial charge in [0.2, 0.25) is 0 Å². The summed E-state index contributed by atoms with van der Waals surface area (Å²) >= 11 is 0. The fraction of sp³-hybridized carbons (Fsp3) is 0.600. The second-order valence-corrected chi connectivity index (χ2v) is 5.02. The molecular formula is C15H23NO2. The number of rotatable bonds is 5. The summed E-state index contributed by atoms with van der Waals surface area (Å²) in [7, 11) is 1.79. The summed E-state index contributed by atoms with van der Waals surface area (Å²) in [6.45, 7) is 0.147. The van der Waals surface area contributed by atoms with Crippen molar-refractivity contribution in [3.63, 3.8) is 0 Å². The third-order valence-electron chi connectivity index (χ3n) is 3.83. The largest absolute Gasteiger partial charge is 0.394 e. The van der Waals surface area contributed by atoms with Crippen LogP contribution in [0, 0.1) is 0 Å². The summed E-state index contributed by atoms with van der Waals surface area (Å²) in [5.74, 6) is 0. The molecule has 1 aliphatic rings. The van der Waals surface area contributed by atoms with Crippen molar-refractivity contribution in [2.75, 3.05) is 13.7 Å². The lowest BCUT2D eigenvalue weighted by molar-refractivity contribution is 0.0597. The zero-order chi connectivity index (χ0) is 12.8. The van der Waals surface area contributed by atoms with Crippen LogP contribution in [0.5, 0.6) is 0 Å². The van der Waals surface area contributed by atoms with Gasteiger partial charge in [-0.25, -0.2) is 0 Å². The van der Waals surface area contributed by atoms with Gasteiger partial charge < -0.3 is 15.2 Å². The Morgan fingerprint density at radius 2 is 1.89 bits per heavy atom. The van der Waals surface area contributed by atoms with Gasteiger partial charge in [-0.2, -0.15) is 0 Å². The minimum Gasteiger partial charge on any atom is -0.394 e. The molecule has 0 heterocycles. The summed E-state index contributed by atoms with van der Waals surface area (Å²) in [5.41, 5.74) is 1.16. The van der Waals surface area contributed by atoms with Crippen LogP contribution in [0.1, 0.15) is 37.3 Å². The fourth-order valence-electron chi connectivity index (χ4n) is 2.69. The van der Waals surface area contributed by atoms with Gasteiger partial charge in [0, 0.05) is 13.2 Å². The molecule has 2 rings (SSSR count). The number of aliphatic hydroxyl groups excluding tert-OH is 1. The second kappa shape index (κ2) is 6.88. The summed E-state index contributed by atoms with van der Waals surface area (Å²) in [5, 5.41) is 13.1. The van der Waals surface area contributed by atoms with Gasteiger partial charge in [0.1, 0.15) is 0 Å². The summed E-state index contributed by atoms with van der Waals surface area (Å²) in [6, 6.07) is 10.7. The van der Waals surface area contributed by atoms with Gasteiger partial charge in [-0.1, -0.05) is 30.3 Å². The Balaban J connectivity index is 1.88. The maximum atomic E-state index is 9.52. The quantitative estimate of drug-likeness (QED) is 0.841. The number of hydrogen-bond donors (Lipinski definition) is 2. The molecule has 0 aromatic heterocycles. The van der Waals surface area contributed by atoms with Crippen molar-refractivity contribution < 1.29 is 9.84 Å². The number of methoxy groups -OCH3 is 1. The molecule has 1 fully saturated rings. The van der Waals surface area contributed by atoms with Crippen LogP contribution in [-0.4, -0.2) is 31.0 Å². The van der Waals surface area contributed by atoms with E-state index < -0.39 is 0 Å². The molecule has 3 heteroatoms. The molecule has 1 aromatic rings. The van der Waals surface area contributed by atoms with E-state index in [2.05, 4.69) is 17.4 Å². The molecule has 1 atom stereocenters. The van der Waals surface area contributed by atoms with Crippen molar-refractivity contribution in [2.24, 2.45) is 0 Å². The van der Waals surface area contributed by atoms with Gasteiger partial charge in [0.05, 0.1) is 18.8 Å². The van der Waals surface area contributed by atoms with E-state index in [-0.39, 0.29) is 12.6 Å². The third kappa shape index (κ3) is 3.55. The highest BCUT2D eigenvalue weighted by atomic mass is 16.5. The minimum atomic E-state index is 0.0512. The topological polar surface area (TPSA) is 41.5 Å². The molecule has 0 amide bonds. The van der Waals surface area contributed by atoms with Crippen LogP contribution in [0.4, 0.5) is 0 Å². The third-order valence-corrected chi connectivity index (χ3v) is 3.83. The lowest BCUT2D eigenvalue weighted by Gasteiger charge is -2.31. The molecule has 100 valence electrons. The van der Waals surface area contributed by atoms with Gasteiger partial charge in [-0.05, 0) is 31.2 Å². The normalized spacial score (nSPS) is 25.9. The van der Waals surface area contributed by atoms with Gasteiger partial charge in [0.25, 0.3) is 0 Å². The minimum absolute atomic E-state index is 0.0512. The van der Waals surface area contributed by atoms with Crippen molar-refractivity contribution in [1.29, 1.82) is 0 Å². The molecule has 2 N–H and O–H groups in total. The Morgan fingerprint density at radius 3 is 2.44 bits per heavy atom. The maximum Gasteiger partial charge on any atom is 0.0626 e. The Labute approximate surface area is 109 Å². The number of nitrogens with one attached hydrogen (secondary N) is 1. The van der Waals surface area contributed by atoms with E-state index in [1.54, 1.807) is 7.11 Å². The first-order chi connectivity index (χ1) is 8.83. The van der Waals surface area contributed by atoms with Crippen molar-refractivity contribution in [1.82, 2.24) is 5.32 Å². The summed E-state index contributed by atoms with van der Waals surface area (Å²) in [4.78, 5) is 0. The standard InChI is InChI=1S/C15H23NO2/c1-18-14-9-7-13(8-10-14)16-15(11-17)12-5-3-2-4-6-12/h2-6,13-17H,7-11H2,1H3/t13?,14?,15-/m0/s1. The molecule has 1 saturated carbocycles. The smallest absolute Gasteiger partial charge is 0.0626 e. The van der Waals surface area contributed by atoms with E-state index in [9.17, 15) is 5.11 Å². The first kappa shape index (κ1) is 13.5. The predicted octanol–water partition coefficient (Wildman–Crippen LogP) is 2.27. The average Bonchev–Trinajstić information content (AvgIpc) is 2.46. The van der Waals surface area contributed by atoms with Crippen molar-refractivity contribution in [3.05, 3.63) is 35.9 Å². The summed E-state index contributed by atoms with van der Waals surface area (Å²) in [6.07, 6.45) is 4.90. The first-order valence-corrected chi connectivity index (χ1v) is 6.78. The van der Waals surface area contributed by atoms with Crippen LogP contribution in [0.15, 0.2) is 30.3 Å². The van der Waals surface area contributed by atoms with E-state index in [4.69, 9.17) is 4.74 Å². The van der Waals surface area contributed by atoms with E-state index in [1.165, 1.54) is 0 Å². The molecule has 0 radical (unpaired) electrons. The lowest BCUT2D eigenvalue weighted by atomic mass is 9.92. The molecule has 0 saturated heterocycles. The molecule has 1 aromatic carbocycles. The Bertz CT molecular complexity index is 334. The van der Waals surface area contributed by atoms with Crippen LogP contribution in [0.25, 0.3) is 0 Å². The number of ether oxygens (including phenoxy) is 1. The SMILES string of the molecule is COC1CCC(N[C@@H](CO)c2ccccc2)CC1. The highest BCUT2D eigenvalue weighted by Crippen LogP contribution is 2.23. The highest BCUT2D eigenvalue weighted by Gasteiger charge is 2.23. The summed E-state index contributed by atoms with van der Waals surface area (Å²) < 4.78 is 5.38. The Kier molecular flexibility index (Phi) is 5.17. The lowest BCUT2D eigenvalue weighted by Crippen LogP contribution is -2.38. The van der Waals surface area contributed by atoms with Crippen LogP contribution in [0.3, 0.4) is 0 Å². The zero-order valence-electron chi connectivity index (χ0n) is 11.0. The predicted molar refractivity (Wildman–Crippen MR) is 72.5 cm³/mol. The number of aliphatic hydroxyl groups is 1. The van der Waals surface area contributed by atoms with Crippen LogP contribution < -0.4 is 5.32 Å². The number of benzene rings is 1. The molecule has 0 spiro atoms. The number of hydrogen-bond acceptors (Lipinski definition) is 3. The van der Waals surface area contributed by atoms with E-state index >= 15 is 0 Å². The first-order valence-electron chi connectivity index (χ1n) is 6.78. The van der Waals surface area contributed by atoms with Gasteiger partial charge >= 0.3 is 0 Å². The van der Waals surface area contributed by atoms with Crippen LogP contribution in [-0.2, 0) is 4.74 Å². The maximum absolute atomic E-state index is 9.52. The molecule has 3 nitrogen and oxygen atoms in total. The molecule has 0 bridgehead atoms. The second-order valence-electron chi connectivity index (χ2n) is 5.02. The molecule has 0 aliphatic heterocycles. The average molecular weight is 249 g/mol. The van der Waals surface area contributed by atoms with Crippen LogP contribution in [0.2, 0.25) is 0 Å². The van der Waals surface area contributed by atoms with Gasteiger partial charge in [-0.3, -0.25) is 0 Å². The zero-order valence-corrected chi connectivity index (χ0v) is 11.0. The molecule has 18 heavy (non-hydrogen) atoms. The molecule has 0 unspecified atom stereocenters. The Morgan fingerprint density at radius 1 is 1.22 bits per heavy atom. The fourth-order valence-corrected chi connectivity index (χ4v) is 2.69. The van der Waals surface area contributed by atoms with Crippen molar-refractivity contribution in [3.8, 4) is 0 Å². The van der Waals surface area contributed by atoms with E-state index in [1.807, 2.05) is 18.2 Å². The molecule has 1 aliphatic carbocycles. The van der Waals surface area contributed by atoms with Crippen molar-refractivity contribution in [2.45, 2.75) is 43.9 Å². The molecular weight excluding hydrogens is 226 g/mol. The van der Waals surface area contributed by atoms with Gasteiger partial charge in [0.15, 0.2) is 0 Å². The monoisotopic (exact) mass is 249 g/mol. The van der Waals surface area contributed by atoms with E-state index in [0.29, 0.717) is 12.1 Å². The van der Waals surface area contributed by atoms with Crippen LogP contribution >= 0.6 is 0 Å². The van der Waals surface area contributed by atoms with Crippen molar-refractivity contribution >= 4 is 0 Å². The van der Waals surface area contributed by atoms with E-state index in [0.717, 1.165) is 31.2 Å².